The SMILES string of the molecule is C=C(C)/C=N/CCC(C)C. The minimum absolute atomic E-state index is 0.752. The van der Waals surface area contributed by atoms with Gasteiger partial charge in [-0.1, -0.05) is 20.4 Å². The topological polar surface area (TPSA) is 12.4 Å². The monoisotopic (exact) mass is 139 g/mol. The van der Waals surface area contributed by atoms with E-state index in [1.807, 2.05) is 13.1 Å². The summed E-state index contributed by atoms with van der Waals surface area (Å²) in [4.78, 5) is 4.19. The second-order valence-electron chi connectivity index (χ2n) is 3.06. The number of hydrogen-bond donors (Lipinski definition) is 0. The van der Waals surface area contributed by atoms with E-state index in [4.69, 9.17) is 0 Å². The Morgan fingerprint density at radius 1 is 1.60 bits per heavy atom. The zero-order chi connectivity index (χ0) is 7.98. The van der Waals surface area contributed by atoms with Crippen LogP contribution in [0, 0.1) is 5.92 Å². The van der Waals surface area contributed by atoms with Gasteiger partial charge in [-0.3, -0.25) is 4.99 Å². The number of rotatable bonds is 4. The lowest BCUT2D eigenvalue weighted by molar-refractivity contribution is 0.597. The van der Waals surface area contributed by atoms with Gasteiger partial charge in [0.1, 0.15) is 0 Å². The fourth-order valence-corrected chi connectivity index (χ4v) is 0.553. The van der Waals surface area contributed by atoms with Gasteiger partial charge in [0.2, 0.25) is 0 Å². The minimum Gasteiger partial charge on any atom is -0.293 e. The Hall–Kier alpha value is -0.590. The van der Waals surface area contributed by atoms with Crippen LogP contribution < -0.4 is 0 Å². The van der Waals surface area contributed by atoms with Gasteiger partial charge in [0.05, 0.1) is 0 Å². The summed E-state index contributed by atoms with van der Waals surface area (Å²) in [6.45, 7) is 11.0. The van der Waals surface area contributed by atoms with E-state index in [1.54, 1.807) is 0 Å². The molecule has 10 heavy (non-hydrogen) atoms. The van der Waals surface area contributed by atoms with Gasteiger partial charge in [-0.25, -0.2) is 0 Å². The number of aliphatic imine (C=N–C) groups is 1. The molecule has 0 bridgehead atoms. The third-order valence-corrected chi connectivity index (χ3v) is 1.15. The van der Waals surface area contributed by atoms with Gasteiger partial charge in [-0.2, -0.15) is 0 Å². The van der Waals surface area contributed by atoms with Crippen molar-refractivity contribution in [2.45, 2.75) is 27.2 Å². The molecule has 1 heteroatoms. The van der Waals surface area contributed by atoms with Gasteiger partial charge in [0.15, 0.2) is 0 Å². The van der Waals surface area contributed by atoms with Gasteiger partial charge in [-0.15, -0.1) is 0 Å². The maximum atomic E-state index is 4.19. The molecule has 0 unspecified atom stereocenters. The minimum atomic E-state index is 0.752. The molecule has 0 aromatic heterocycles. The van der Waals surface area contributed by atoms with Gasteiger partial charge in [0, 0.05) is 12.8 Å². The van der Waals surface area contributed by atoms with Crippen LogP contribution in [0.4, 0.5) is 0 Å². The van der Waals surface area contributed by atoms with Crippen molar-refractivity contribution in [2.75, 3.05) is 6.54 Å². The van der Waals surface area contributed by atoms with Crippen LogP contribution >= 0.6 is 0 Å². The summed E-state index contributed by atoms with van der Waals surface area (Å²) >= 11 is 0. The number of hydrogen-bond acceptors (Lipinski definition) is 1. The van der Waals surface area contributed by atoms with Crippen molar-refractivity contribution in [3.05, 3.63) is 12.2 Å². The van der Waals surface area contributed by atoms with Crippen LogP contribution in [-0.2, 0) is 0 Å². The molecule has 0 rings (SSSR count). The molecule has 0 aliphatic rings. The van der Waals surface area contributed by atoms with Gasteiger partial charge < -0.3 is 0 Å². The zero-order valence-electron chi connectivity index (χ0n) is 7.22. The maximum absolute atomic E-state index is 4.19. The van der Waals surface area contributed by atoms with E-state index in [9.17, 15) is 0 Å². The Morgan fingerprint density at radius 2 is 2.20 bits per heavy atom. The molecule has 0 heterocycles. The fourth-order valence-electron chi connectivity index (χ4n) is 0.553. The molecule has 0 aliphatic carbocycles. The van der Waals surface area contributed by atoms with Crippen LogP contribution in [0.3, 0.4) is 0 Å². The predicted molar refractivity (Wildman–Crippen MR) is 47.6 cm³/mol. The van der Waals surface area contributed by atoms with E-state index < -0.39 is 0 Å². The molecular weight excluding hydrogens is 122 g/mol. The van der Waals surface area contributed by atoms with Crippen LogP contribution in [0.25, 0.3) is 0 Å². The normalized spacial score (nSPS) is 11.2. The first kappa shape index (κ1) is 9.41. The molecule has 0 amide bonds. The Balaban J connectivity index is 3.27. The number of allylic oxidation sites excluding steroid dienone is 1. The molecule has 0 aliphatic heterocycles. The molecule has 1 nitrogen and oxygen atoms in total. The van der Waals surface area contributed by atoms with E-state index >= 15 is 0 Å². The lowest BCUT2D eigenvalue weighted by Gasteiger charge is -1.98. The number of nitrogens with zero attached hydrogens (tertiary/aromatic N) is 1. The van der Waals surface area contributed by atoms with E-state index in [2.05, 4.69) is 25.4 Å². The molecule has 0 saturated heterocycles. The highest BCUT2D eigenvalue weighted by atomic mass is 14.7. The van der Waals surface area contributed by atoms with Crippen molar-refractivity contribution in [2.24, 2.45) is 10.9 Å². The molecule has 0 saturated carbocycles. The van der Waals surface area contributed by atoms with E-state index in [-0.39, 0.29) is 0 Å². The summed E-state index contributed by atoms with van der Waals surface area (Å²) in [6.07, 6.45) is 3.01. The van der Waals surface area contributed by atoms with Gasteiger partial charge in [0.25, 0.3) is 0 Å². The van der Waals surface area contributed by atoms with Crippen molar-refractivity contribution in [3.8, 4) is 0 Å². The quantitative estimate of drug-likeness (QED) is 0.531. The summed E-state index contributed by atoms with van der Waals surface area (Å²) in [5, 5.41) is 0. The average molecular weight is 139 g/mol. The first-order valence-electron chi connectivity index (χ1n) is 3.78. The molecule has 0 spiro atoms. The van der Waals surface area contributed by atoms with Crippen molar-refractivity contribution in [3.63, 3.8) is 0 Å². The second-order valence-corrected chi connectivity index (χ2v) is 3.06. The van der Waals surface area contributed by atoms with Gasteiger partial charge in [-0.05, 0) is 24.8 Å². The maximum Gasteiger partial charge on any atom is 0.0391 e. The van der Waals surface area contributed by atoms with E-state index in [0.717, 1.165) is 18.0 Å². The highest BCUT2D eigenvalue weighted by molar-refractivity contribution is 5.76. The smallest absolute Gasteiger partial charge is 0.0391 e. The van der Waals surface area contributed by atoms with Crippen molar-refractivity contribution < 1.29 is 0 Å². The molecule has 0 atom stereocenters. The van der Waals surface area contributed by atoms with Crippen LogP contribution in [0.1, 0.15) is 27.2 Å². The summed E-state index contributed by atoms with van der Waals surface area (Å²) in [5.41, 5.74) is 1.03. The summed E-state index contributed by atoms with van der Waals surface area (Å²) in [6, 6.07) is 0. The summed E-state index contributed by atoms with van der Waals surface area (Å²) in [7, 11) is 0. The molecule has 0 N–H and O–H groups in total. The third-order valence-electron chi connectivity index (χ3n) is 1.15. The Bertz CT molecular complexity index is 123. The average Bonchev–Trinajstić information content (AvgIpc) is 1.79. The standard InChI is InChI=1S/C9H17N/c1-8(2)5-6-10-7-9(3)4/h7-8H,3,5-6H2,1-2,4H3/b10-7+. The van der Waals surface area contributed by atoms with Crippen molar-refractivity contribution in [1.82, 2.24) is 0 Å². The Kier molecular flexibility index (Phi) is 4.91. The predicted octanol–water partition coefficient (Wildman–Crippen LogP) is 2.68. The van der Waals surface area contributed by atoms with Crippen molar-refractivity contribution in [1.29, 1.82) is 0 Å². The molecule has 58 valence electrons. The lowest BCUT2D eigenvalue weighted by Crippen LogP contribution is -1.90. The van der Waals surface area contributed by atoms with Crippen molar-refractivity contribution >= 4 is 6.21 Å². The third kappa shape index (κ3) is 7.41. The molecule has 0 radical (unpaired) electrons. The Morgan fingerprint density at radius 3 is 2.60 bits per heavy atom. The summed E-state index contributed by atoms with van der Waals surface area (Å²) < 4.78 is 0. The van der Waals surface area contributed by atoms with E-state index in [0.29, 0.717) is 0 Å². The fraction of sp³-hybridized carbons (Fsp3) is 0.667. The zero-order valence-corrected chi connectivity index (χ0v) is 7.22. The molecular formula is C9H17N. The first-order chi connectivity index (χ1) is 4.63. The van der Waals surface area contributed by atoms with Crippen LogP contribution in [-0.4, -0.2) is 12.8 Å². The van der Waals surface area contributed by atoms with E-state index in [1.165, 1.54) is 6.42 Å². The first-order valence-corrected chi connectivity index (χ1v) is 3.78. The van der Waals surface area contributed by atoms with Crippen LogP contribution in [0.5, 0.6) is 0 Å². The second kappa shape index (κ2) is 5.21. The molecule has 0 aromatic carbocycles. The highest BCUT2D eigenvalue weighted by Gasteiger charge is 1.89. The van der Waals surface area contributed by atoms with Crippen LogP contribution in [0.15, 0.2) is 17.1 Å². The molecule has 0 aromatic rings. The largest absolute Gasteiger partial charge is 0.293 e. The Labute approximate surface area is 63.9 Å². The summed E-state index contributed by atoms with van der Waals surface area (Å²) in [5.74, 6) is 0.752. The highest BCUT2D eigenvalue weighted by Crippen LogP contribution is 1.98. The van der Waals surface area contributed by atoms with Gasteiger partial charge >= 0.3 is 0 Å². The molecule has 0 fully saturated rings. The lowest BCUT2D eigenvalue weighted by atomic mass is 10.1. The van der Waals surface area contributed by atoms with Crippen LogP contribution in [0.2, 0.25) is 0 Å².